The standard InChI is InChI=1S/C14H25NO2/c1-4-14(3,5-2)15-8-10-6-7-11(9-15)12(10)13(16)17/h10-12H,4-9H2,1-3H3,(H,16,17)/t10-,11+,12+. The van der Waals surface area contributed by atoms with Crippen LogP contribution >= 0.6 is 0 Å². The van der Waals surface area contributed by atoms with E-state index in [1.807, 2.05) is 0 Å². The largest absolute Gasteiger partial charge is 0.481 e. The topological polar surface area (TPSA) is 40.5 Å². The van der Waals surface area contributed by atoms with Gasteiger partial charge in [0.1, 0.15) is 0 Å². The maximum absolute atomic E-state index is 11.3. The molecule has 1 aliphatic carbocycles. The Bertz CT molecular complexity index is 285. The van der Waals surface area contributed by atoms with Gasteiger partial charge in [-0.25, -0.2) is 0 Å². The molecule has 1 aliphatic heterocycles. The van der Waals surface area contributed by atoms with Crippen molar-refractivity contribution in [2.45, 2.75) is 52.0 Å². The summed E-state index contributed by atoms with van der Waals surface area (Å²) in [5.41, 5.74) is 0.268. The lowest BCUT2D eigenvalue weighted by Crippen LogP contribution is -2.54. The second kappa shape index (κ2) is 4.60. The van der Waals surface area contributed by atoms with Gasteiger partial charge in [0.25, 0.3) is 0 Å². The van der Waals surface area contributed by atoms with Crippen molar-refractivity contribution in [2.24, 2.45) is 17.8 Å². The molecule has 0 aromatic rings. The van der Waals surface area contributed by atoms with Gasteiger partial charge in [0.05, 0.1) is 5.92 Å². The lowest BCUT2D eigenvalue weighted by molar-refractivity contribution is -0.147. The minimum Gasteiger partial charge on any atom is -0.481 e. The second-order valence-electron chi connectivity index (χ2n) is 6.07. The SMILES string of the molecule is CCC(C)(CC)N1C[C@H]2CC[C@@H](C1)[C@H]2C(=O)O. The van der Waals surface area contributed by atoms with Crippen LogP contribution in [0.15, 0.2) is 0 Å². The highest BCUT2D eigenvalue weighted by molar-refractivity contribution is 5.71. The van der Waals surface area contributed by atoms with Gasteiger partial charge in [-0.05, 0) is 44.4 Å². The summed E-state index contributed by atoms with van der Waals surface area (Å²) in [6, 6.07) is 0. The number of likely N-dealkylation sites (tertiary alicyclic amines) is 1. The predicted octanol–water partition coefficient (Wildman–Crippen LogP) is 2.61. The number of aliphatic carboxylic acids is 1. The molecule has 1 saturated heterocycles. The van der Waals surface area contributed by atoms with E-state index < -0.39 is 5.97 Å². The van der Waals surface area contributed by atoms with Crippen LogP contribution in [0.4, 0.5) is 0 Å². The Morgan fingerprint density at radius 1 is 1.24 bits per heavy atom. The molecule has 2 aliphatic rings. The van der Waals surface area contributed by atoms with Crippen molar-refractivity contribution in [1.82, 2.24) is 4.90 Å². The number of nitrogens with zero attached hydrogens (tertiary/aromatic N) is 1. The van der Waals surface area contributed by atoms with Crippen molar-refractivity contribution in [3.63, 3.8) is 0 Å². The van der Waals surface area contributed by atoms with Gasteiger partial charge < -0.3 is 5.11 Å². The quantitative estimate of drug-likeness (QED) is 0.820. The van der Waals surface area contributed by atoms with Crippen LogP contribution in [0.1, 0.15) is 46.5 Å². The number of carboxylic acids is 1. The Morgan fingerprint density at radius 3 is 2.06 bits per heavy atom. The van der Waals surface area contributed by atoms with Crippen LogP contribution in [-0.4, -0.2) is 34.6 Å². The lowest BCUT2D eigenvalue weighted by atomic mass is 9.81. The van der Waals surface area contributed by atoms with Crippen LogP contribution in [0.3, 0.4) is 0 Å². The molecule has 3 atom stereocenters. The summed E-state index contributed by atoms with van der Waals surface area (Å²) < 4.78 is 0. The molecular formula is C14H25NO2. The minimum absolute atomic E-state index is 0.0655. The molecule has 0 aromatic heterocycles. The zero-order valence-electron chi connectivity index (χ0n) is 11.3. The molecule has 0 radical (unpaired) electrons. The van der Waals surface area contributed by atoms with Crippen molar-refractivity contribution < 1.29 is 9.90 Å². The number of hydrogen-bond donors (Lipinski definition) is 1. The van der Waals surface area contributed by atoms with Gasteiger partial charge in [-0.1, -0.05) is 13.8 Å². The zero-order valence-corrected chi connectivity index (χ0v) is 11.3. The van der Waals surface area contributed by atoms with E-state index in [4.69, 9.17) is 0 Å². The minimum atomic E-state index is -0.563. The Kier molecular flexibility index (Phi) is 3.48. The first-order chi connectivity index (χ1) is 8.01. The van der Waals surface area contributed by atoms with Gasteiger partial charge in [-0.3, -0.25) is 9.69 Å². The van der Waals surface area contributed by atoms with E-state index in [0.29, 0.717) is 11.8 Å². The van der Waals surface area contributed by atoms with Crippen LogP contribution in [0.5, 0.6) is 0 Å². The molecule has 0 aromatic carbocycles. The average Bonchev–Trinajstić information content (AvgIpc) is 2.59. The number of carboxylic acid groups (broad SMARTS) is 1. The predicted molar refractivity (Wildman–Crippen MR) is 67.9 cm³/mol. The van der Waals surface area contributed by atoms with Gasteiger partial charge in [0.15, 0.2) is 0 Å². The highest BCUT2D eigenvalue weighted by atomic mass is 16.4. The molecule has 1 saturated carbocycles. The van der Waals surface area contributed by atoms with Crippen LogP contribution in [0.25, 0.3) is 0 Å². The Balaban J connectivity index is 2.12. The van der Waals surface area contributed by atoms with E-state index in [-0.39, 0.29) is 11.5 Å². The van der Waals surface area contributed by atoms with Gasteiger partial charge in [0.2, 0.25) is 0 Å². The molecule has 3 nitrogen and oxygen atoms in total. The third-order valence-corrected chi connectivity index (χ3v) is 5.41. The summed E-state index contributed by atoms with van der Waals surface area (Å²) in [7, 11) is 0. The Labute approximate surface area is 104 Å². The van der Waals surface area contributed by atoms with Gasteiger partial charge >= 0.3 is 5.97 Å². The van der Waals surface area contributed by atoms with Crippen LogP contribution in [-0.2, 0) is 4.79 Å². The van der Waals surface area contributed by atoms with Gasteiger partial charge in [0, 0.05) is 18.6 Å². The lowest BCUT2D eigenvalue weighted by Gasteiger charge is -2.46. The first kappa shape index (κ1) is 12.9. The van der Waals surface area contributed by atoms with E-state index >= 15 is 0 Å². The van der Waals surface area contributed by atoms with E-state index in [1.165, 1.54) is 0 Å². The average molecular weight is 239 g/mol. The first-order valence-electron chi connectivity index (χ1n) is 6.99. The van der Waals surface area contributed by atoms with Crippen LogP contribution < -0.4 is 0 Å². The molecular weight excluding hydrogens is 214 g/mol. The molecule has 0 unspecified atom stereocenters. The normalized spacial score (nSPS) is 33.9. The Morgan fingerprint density at radius 2 is 1.71 bits per heavy atom. The third kappa shape index (κ3) is 2.10. The second-order valence-corrected chi connectivity index (χ2v) is 6.07. The maximum Gasteiger partial charge on any atom is 0.307 e. The zero-order chi connectivity index (χ0) is 12.6. The van der Waals surface area contributed by atoms with Crippen LogP contribution in [0.2, 0.25) is 0 Å². The molecule has 2 rings (SSSR count). The van der Waals surface area contributed by atoms with Gasteiger partial charge in [-0.2, -0.15) is 0 Å². The fourth-order valence-electron chi connectivity index (χ4n) is 3.76. The Hall–Kier alpha value is -0.570. The molecule has 0 spiro atoms. The maximum atomic E-state index is 11.3. The summed E-state index contributed by atoms with van der Waals surface area (Å²) in [6.07, 6.45) is 4.53. The van der Waals surface area contributed by atoms with E-state index in [2.05, 4.69) is 25.7 Å². The number of piperidine rings is 1. The summed E-state index contributed by atoms with van der Waals surface area (Å²) in [4.78, 5) is 13.9. The fraction of sp³-hybridized carbons (Fsp3) is 0.929. The summed E-state index contributed by atoms with van der Waals surface area (Å²) in [5, 5.41) is 9.30. The molecule has 1 N–H and O–H groups in total. The molecule has 2 fully saturated rings. The molecule has 3 heteroatoms. The van der Waals surface area contributed by atoms with E-state index in [1.54, 1.807) is 0 Å². The van der Waals surface area contributed by atoms with E-state index in [9.17, 15) is 9.90 Å². The molecule has 0 amide bonds. The van der Waals surface area contributed by atoms with Crippen molar-refractivity contribution >= 4 is 5.97 Å². The smallest absolute Gasteiger partial charge is 0.307 e. The van der Waals surface area contributed by atoms with Crippen molar-refractivity contribution in [2.75, 3.05) is 13.1 Å². The monoisotopic (exact) mass is 239 g/mol. The number of rotatable bonds is 4. The molecule has 1 heterocycles. The number of hydrogen-bond acceptors (Lipinski definition) is 2. The molecule has 98 valence electrons. The van der Waals surface area contributed by atoms with E-state index in [0.717, 1.165) is 38.8 Å². The molecule has 17 heavy (non-hydrogen) atoms. The van der Waals surface area contributed by atoms with Gasteiger partial charge in [-0.15, -0.1) is 0 Å². The summed E-state index contributed by atoms with van der Waals surface area (Å²) >= 11 is 0. The van der Waals surface area contributed by atoms with Crippen molar-refractivity contribution in [3.05, 3.63) is 0 Å². The third-order valence-electron chi connectivity index (χ3n) is 5.41. The summed E-state index contributed by atoms with van der Waals surface area (Å²) in [5.74, 6) is 0.156. The first-order valence-corrected chi connectivity index (χ1v) is 6.99. The number of carbonyl (C=O) groups is 1. The van der Waals surface area contributed by atoms with Crippen molar-refractivity contribution in [3.8, 4) is 0 Å². The fourth-order valence-corrected chi connectivity index (χ4v) is 3.76. The highest BCUT2D eigenvalue weighted by Crippen LogP contribution is 2.44. The summed E-state index contributed by atoms with van der Waals surface area (Å²) in [6.45, 7) is 8.80. The number of fused-ring (bicyclic) bond motifs is 2. The highest BCUT2D eigenvalue weighted by Gasteiger charge is 2.48. The van der Waals surface area contributed by atoms with Crippen LogP contribution in [0, 0.1) is 17.8 Å². The molecule has 2 bridgehead atoms. The van der Waals surface area contributed by atoms with Crippen molar-refractivity contribution in [1.29, 1.82) is 0 Å².